The first kappa shape index (κ1) is 48.6. The molecule has 0 radical (unpaired) electrons. The molecule has 9 heteroatoms. The third-order valence-corrected chi connectivity index (χ3v) is 20.7. The van der Waals surface area contributed by atoms with Crippen molar-refractivity contribution in [3.05, 3.63) is 84.9 Å². The molecule has 4 saturated carbocycles. The van der Waals surface area contributed by atoms with E-state index < -0.39 is 0 Å². The molecule has 4 nitrogen and oxygen atoms in total. The number of benzene rings is 4. The van der Waals surface area contributed by atoms with Crippen LogP contribution in [0.2, 0.25) is 0 Å². The fourth-order valence-electron chi connectivity index (χ4n) is 10.9. The average Bonchev–Trinajstić information content (AvgIpc) is 3.33. The molecular weight excluding hydrogens is 928 g/mol. The molecule has 0 atom stereocenters. The van der Waals surface area contributed by atoms with Gasteiger partial charge < -0.3 is 18.9 Å². The molecule has 336 valence electrons. The summed E-state index contributed by atoms with van der Waals surface area (Å²) in [5, 5.41) is 3.17. The van der Waals surface area contributed by atoms with Gasteiger partial charge in [0.05, 0.1) is 39.6 Å². The van der Waals surface area contributed by atoms with E-state index in [9.17, 15) is 0 Å². The van der Waals surface area contributed by atoms with Gasteiger partial charge in [-0.25, -0.2) is 0 Å². The first-order chi connectivity index (χ1) is 30.1. The Morgan fingerprint density at radius 3 is 0.869 bits per heavy atom. The van der Waals surface area contributed by atoms with Crippen LogP contribution in [-0.4, -0.2) is 51.1 Å². The predicted octanol–water partition coefficient (Wildman–Crippen LogP) is 15.7. The second-order valence-electron chi connectivity index (χ2n) is 17.1. The topological polar surface area (TPSA) is 36.9 Å². The molecule has 0 spiro atoms. The van der Waals surface area contributed by atoms with Gasteiger partial charge in [-0.3, -0.25) is 0 Å². The summed E-state index contributed by atoms with van der Waals surface area (Å²) < 4.78 is 23.2. The molecule has 4 aromatic rings. The molecule has 4 aromatic carbocycles. The van der Waals surface area contributed by atoms with E-state index in [-0.39, 0.29) is 31.8 Å². The number of hydrogen-bond donors (Lipinski definition) is 0. The van der Waals surface area contributed by atoms with Crippen LogP contribution in [0.1, 0.15) is 128 Å². The summed E-state index contributed by atoms with van der Waals surface area (Å²) in [5.74, 6) is 3.66. The molecule has 0 N–H and O–H groups in total. The molecule has 0 saturated heterocycles. The van der Waals surface area contributed by atoms with Crippen molar-refractivity contribution in [2.24, 2.45) is 0 Å². The van der Waals surface area contributed by atoms with Crippen molar-refractivity contribution in [3.63, 3.8) is 0 Å². The Balaban J connectivity index is 0.000000192. The van der Waals surface area contributed by atoms with Crippen LogP contribution < -0.4 is 29.6 Å². The molecule has 4 fully saturated rings. The zero-order valence-corrected chi connectivity index (χ0v) is 42.0. The number of hydrogen-bond acceptors (Lipinski definition) is 4. The van der Waals surface area contributed by atoms with Crippen molar-refractivity contribution < 1.29 is 34.9 Å². The van der Waals surface area contributed by atoms with Gasteiger partial charge >= 0.3 is 35.0 Å². The van der Waals surface area contributed by atoms with Crippen LogP contribution in [0.15, 0.2) is 84.9 Å². The third kappa shape index (κ3) is 12.7. The Morgan fingerprint density at radius 1 is 0.377 bits per heavy atom. The van der Waals surface area contributed by atoms with E-state index in [4.69, 9.17) is 38.0 Å². The van der Waals surface area contributed by atoms with E-state index in [1.54, 1.807) is 39.0 Å². The van der Waals surface area contributed by atoms with Gasteiger partial charge in [0.15, 0.2) is 0 Å². The Labute approximate surface area is 387 Å². The Bertz CT molecular complexity index is 1670. The first-order valence-corrected chi connectivity index (χ1v) is 30.0. The van der Waals surface area contributed by atoms with Gasteiger partial charge in [-0.15, -0.1) is 0 Å². The van der Waals surface area contributed by atoms with E-state index in [1.807, 2.05) is 12.1 Å². The fourth-order valence-corrected chi connectivity index (χ4v) is 18.8. The van der Waals surface area contributed by atoms with Crippen molar-refractivity contribution in [2.75, 3.05) is 28.4 Å². The normalized spacial score (nSPS) is 18.2. The van der Waals surface area contributed by atoms with Crippen LogP contribution in [0.5, 0.6) is 23.0 Å². The predicted molar refractivity (Wildman–Crippen MR) is 262 cm³/mol. The van der Waals surface area contributed by atoms with Crippen molar-refractivity contribution in [3.8, 4) is 45.3 Å². The number of halogens is 2. The minimum atomic E-state index is -0.182. The van der Waals surface area contributed by atoms with Crippen LogP contribution >= 0.6 is 34.9 Å². The van der Waals surface area contributed by atoms with Crippen molar-refractivity contribution in [1.29, 1.82) is 0 Å². The summed E-state index contributed by atoms with van der Waals surface area (Å²) in [6, 6.07) is 30.6. The molecule has 61 heavy (non-hydrogen) atoms. The summed E-state index contributed by atoms with van der Waals surface area (Å²) in [4.78, 5) is 0. The SMILES string of the molecule is COc1cccc(OC)c1-c1ccccc1P(C1CCCCC1)C1CCCCC1.COc1cccc(OC)c1-c1ccccc1P(C1CCCCC1)C1CCCCC1.[Cl][Pd][Cl]. The molecule has 4 aliphatic carbocycles. The standard InChI is InChI=1S/2C26H35O2P.2ClH.Pd/c2*1-27-23-17-11-18-24(28-2)26(23)22-16-9-10-19-25(22)29(20-12-5-3-6-13-20)21-14-7-4-8-15-21;;;/h2*9-11,16-21H,3-8,12-15H2,1-2H3;2*1H;/q;;;;+2/p-2. The van der Waals surface area contributed by atoms with Crippen LogP contribution in [0.4, 0.5) is 0 Å². The molecule has 4 aliphatic rings. The third-order valence-electron chi connectivity index (χ3n) is 13.6. The van der Waals surface area contributed by atoms with Gasteiger partial charge in [-0.2, -0.15) is 0 Å². The monoisotopic (exact) mass is 996 g/mol. The van der Waals surface area contributed by atoms with Gasteiger partial charge in [0.25, 0.3) is 0 Å². The molecule has 8 rings (SSSR count). The Kier molecular flexibility index (Phi) is 20.9. The van der Waals surface area contributed by atoms with Gasteiger partial charge in [-0.05, 0) is 120 Å². The Hall–Kier alpha value is -1.82. The quantitative estimate of drug-likeness (QED) is 0.105. The van der Waals surface area contributed by atoms with Gasteiger partial charge in [0.2, 0.25) is 0 Å². The van der Waals surface area contributed by atoms with E-state index >= 15 is 0 Å². The second kappa shape index (κ2) is 26.2. The first-order valence-electron chi connectivity index (χ1n) is 23.1. The molecule has 0 aromatic heterocycles. The summed E-state index contributed by atoms with van der Waals surface area (Å²) in [5.41, 5.74) is 8.45. The summed E-state index contributed by atoms with van der Waals surface area (Å²) in [6.07, 6.45) is 28.3. The number of ether oxygens (including phenoxy) is 4. The van der Waals surface area contributed by atoms with E-state index in [1.165, 1.54) is 140 Å². The summed E-state index contributed by atoms with van der Waals surface area (Å²) in [6.45, 7) is 0. The molecular formula is C52H70Cl2O4P2Pd. The maximum atomic E-state index is 5.80. The van der Waals surface area contributed by atoms with Gasteiger partial charge in [0.1, 0.15) is 23.0 Å². The van der Waals surface area contributed by atoms with Crippen molar-refractivity contribution >= 4 is 45.5 Å². The fraction of sp³-hybridized carbons (Fsp3) is 0.538. The zero-order chi connectivity index (χ0) is 42.8. The average molecular weight is 998 g/mol. The van der Waals surface area contributed by atoms with Crippen LogP contribution in [0, 0.1) is 0 Å². The molecule has 0 bridgehead atoms. The van der Waals surface area contributed by atoms with Crippen LogP contribution in [0.3, 0.4) is 0 Å². The Morgan fingerprint density at radius 2 is 0.623 bits per heavy atom. The van der Waals surface area contributed by atoms with Gasteiger partial charge in [-0.1, -0.05) is 154 Å². The summed E-state index contributed by atoms with van der Waals surface area (Å²) >= 11 is -0.106. The molecule has 0 amide bonds. The second-order valence-corrected chi connectivity index (χ2v) is 25.0. The van der Waals surface area contributed by atoms with Crippen molar-refractivity contribution in [1.82, 2.24) is 0 Å². The van der Waals surface area contributed by atoms with Crippen molar-refractivity contribution in [2.45, 2.75) is 151 Å². The number of methoxy groups -OCH3 is 4. The van der Waals surface area contributed by atoms with Crippen LogP contribution in [-0.2, 0) is 15.9 Å². The maximum absolute atomic E-state index is 5.80. The van der Waals surface area contributed by atoms with E-state index in [0.717, 1.165) is 56.8 Å². The van der Waals surface area contributed by atoms with Gasteiger partial charge in [0, 0.05) is 0 Å². The summed E-state index contributed by atoms with van der Waals surface area (Å²) in [7, 11) is 16.3. The van der Waals surface area contributed by atoms with Crippen LogP contribution in [0.25, 0.3) is 22.3 Å². The van der Waals surface area contributed by atoms with E-state index in [0.29, 0.717) is 0 Å². The zero-order valence-electron chi connectivity index (χ0n) is 37.1. The molecule has 0 heterocycles. The molecule has 0 aliphatic heterocycles. The molecule has 0 unspecified atom stereocenters. The number of rotatable bonds is 12. The minimum absolute atomic E-state index is 0.106. The van der Waals surface area contributed by atoms with E-state index in [2.05, 4.69) is 72.8 Å².